The molecule has 13 heavy (non-hydrogen) atoms. The van der Waals surface area contributed by atoms with Crippen LogP contribution in [-0.2, 0) is 14.3 Å². The van der Waals surface area contributed by atoms with E-state index in [0.29, 0.717) is 0 Å². The summed E-state index contributed by atoms with van der Waals surface area (Å²) in [6.07, 6.45) is 0. The Bertz CT molecular complexity index is 221. The molecular weight excluding hydrogens is 170 g/mol. The van der Waals surface area contributed by atoms with Crippen LogP contribution in [0.2, 0.25) is 0 Å². The van der Waals surface area contributed by atoms with Gasteiger partial charge in [0, 0.05) is 0 Å². The molecule has 0 fully saturated rings. The first-order valence-corrected chi connectivity index (χ1v) is 4.03. The zero-order chi connectivity index (χ0) is 10.4. The Morgan fingerprint density at radius 1 is 1.38 bits per heavy atom. The summed E-state index contributed by atoms with van der Waals surface area (Å²) in [5, 5.41) is 0. The number of ether oxygens (including phenoxy) is 1. The van der Waals surface area contributed by atoms with Crippen LogP contribution in [0.4, 0.5) is 0 Å². The summed E-state index contributed by atoms with van der Waals surface area (Å²) < 4.78 is 4.63. The Labute approximate surface area is 78.2 Å². The largest absolute Gasteiger partial charge is 0.462 e. The van der Waals surface area contributed by atoms with Crippen molar-refractivity contribution in [2.24, 2.45) is 0 Å². The van der Waals surface area contributed by atoms with Crippen molar-refractivity contribution in [3.8, 4) is 0 Å². The quantitative estimate of drug-likeness (QED) is 0.266. The Balaban J connectivity index is 4.10. The van der Waals surface area contributed by atoms with Crippen LogP contribution in [0.5, 0.6) is 0 Å². The minimum atomic E-state index is -0.630. The van der Waals surface area contributed by atoms with Crippen molar-refractivity contribution in [3.63, 3.8) is 0 Å². The van der Waals surface area contributed by atoms with E-state index in [2.05, 4.69) is 11.3 Å². The summed E-state index contributed by atoms with van der Waals surface area (Å²) in [5.41, 5.74) is -0.0875. The molecule has 0 heterocycles. The van der Waals surface area contributed by atoms with Crippen LogP contribution >= 0.6 is 0 Å². The maximum absolute atomic E-state index is 11.2. The Morgan fingerprint density at radius 2 is 1.92 bits per heavy atom. The SMILES string of the molecule is C=C(C(=O)CN(C)C)C(=O)OCC. The number of esters is 1. The van der Waals surface area contributed by atoms with Crippen molar-refractivity contribution in [3.05, 3.63) is 12.2 Å². The monoisotopic (exact) mass is 185 g/mol. The molecular formula is C9H15NO3. The number of carbonyl (C=O) groups excluding carboxylic acids is 2. The van der Waals surface area contributed by atoms with Gasteiger partial charge in [-0.3, -0.25) is 4.79 Å². The Kier molecular flexibility index (Phi) is 4.99. The van der Waals surface area contributed by atoms with Gasteiger partial charge in [-0.15, -0.1) is 0 Å². The fourth-order valence-corrected chi connectivity index (χ4v) is 0.715. The smallest absolute Gasteiger partial charge is 0.341 e. The third-order valence-corrected chi connectivity index (χ3v) is 1.32. The average Bonchev–Trinajstić information content (AvgIpc) is 2.02. The number of rotatable bonds is 5. The predicted molar refractivity (Wildman–Crippen MR) is 49.3 cm³/mol. The minimum Gasteiger partial charge on any atom is -0.462 e. The topological polar surface area (TPSA) is 46.6 Å². The number of carbonyl (C=O) groups is 2. The number of likely N-dealkylation sites (N-methyl/N-ethyl adjacent to an activating group) is 1. The first-order chi connectivity index (χ1) is 5.99. The van der Waals surface area contributed by atoms with Gasteiger partial charge in [0.2, 0.25) is 0 Å². The van der Waals surface area contributed by atoms with Crippen LogP contribution in [0.3, 0.4) is 0 Å². The van der Waals surface area contributed by atoms with E-state index in [9.17, 15) is 9.59 Å². The maximum Gasteiger partial charge on any atom is 0.341 e. The van der Waals surface area contributed by atoms with Gasteiger partial charge in [0.15, 0.2) is 5.78 Å². The van der Waals surface area contributed by atoms with Crippen LogP contribution in [0, 0.1) is 0 Å². The molecule has 4 heteroatoms. The van der Waals surface area contributed by atoms with Crippen LogP contribution in [0.25, 0.3) is 0 Å². The van der Waals surface area contributed by atoms with Crippen LogP contribution in [0.1, 0.15) is 6.92 Å². The Hall–Kier alpha value is -1.16. The van der Waals surface area contributed by atoms with Crippen molar-refractivity contribution in [1.82, 2.24) is 4.90 Å². The first-order valence-electron chi connectivity index (χ1n) is 4.03. The number of hydrogen-bond acceptors (Lipinski definition) is 4. The molecule has 0 radical (unpaired) electrons. The van der Waals surface area contributed by atoms with E-state index in [1.54, 1.807) is 25.9 Å². The molecule has 0 aromatic heterocycles. The van der Waals surface area contributed by atoms with Gasteiger partial charge in [0.1, 0.15) is 0 Å². The van der Waals surface area contributed by atoms with Gasteiger partial charge < -0.3 is 9.64 Å². The van der Waals surface area contributed by atoms with Gasteiger partial charge in [0.05, 0.1) is 18.7 Å². The molecule has 0 rings (SSSR count). The predicted octanol–water partition coefficient (Wildman–Crippen LogP) is 0.236. The highest BCUT2D eigenvalue weighted by Gasteiger charge is 2.16. The second kappa shape index (κ2) is 5.48. The molecule has 0 saturated heterocycles. The zero-order valence-electron chi connectivity index (χ0n) is 8.29. The van der Waals surface area contributed by atoms with Gasteiger partial charge in [-0.2, -0.15) is 0 Å². The summed E-state index contributed by atoms with van der Waals surface area (Å²) in [6, 6.07) is 0. The number of hydrogen-bond donors (Lipinski definition) is 0. The minimum absolute atomic E-state index is 0.0875. The van der Waals surface area contributed by atoms with Crippen molar-refractivity contribution in [2.45, 2.75) is 6.92 Å². The number of nitrogens with zero attached hydrogens (tertiary/aromatic N) is 1. The lowest BCUT2D eigenvalue weighted by Gasteiger charge is -2.09. The fourth-order valence-electron chi connectivity index (χ4n) is 0.715. The molecule has 0 aliphatic heterocycles. The third kappa shape index (κ3) is 4.42. The van der Waals surface area contributed by atoms with Gasteiger partial charge in [-0.05, 0) is 21.0 Å². The third-order valence-electron chi connectivity index (χ3n) is 1.32. The van der Waals surface area contributed by atoms with Crippen molar-refractivity contribution < 1.29 is 14.3 Å². The van der Waals surface area contributed by atoms with Crippen LogP contribution in [0.15, 0.2) is 12.2 Å². The molecule has 0 spiro atoms. The molecule has 0 aromatic carbocycles. The summed E-state index contributed by atoms with van der Waals surface area (Å²) >= 11 is 0. The molecule has 0 unspecified atom stereocenters. The molecule has 0 atom stereocenters. The molecule has 4 nitrogen and oxygen atoms in total. The van der Waals surface area contributed by atoms with E-state index in [0.717, 1.165) is 0 Å². The molecule has 0 bridgehead atoms. The molecule has 0 aliphatic rings. The van der Waals surface area contributed by atoms with Gasteiger partial charge in [-0.1, -0.05) is 6.58 Å². The molecule has 0 aromatic rings. The fraction of sp³-hybridized carbons (Fsp3) is 0.556. The number of ketones is 1. The molecule has 0 aliphatic carbocycles. The van der Waals surface area contributed by atoms with Gasteiger partial charge >= 0.3 is 5.97 Å². The molecule has 0 saturated carbocycles. The van der Waals surface area contributed by atoms with E-state index >= 15 is 0 Å². The van der Waals surface area contributed by atoms with Crippen molar-refractivity contribution in [2.75, 3.05) is 27.2 Å². The maximum atomic E-state index is 11.2. The second-order valence-corrected chi connectivity index (χ2v) is 2.86. The van der Waals surface area contributed by atoms with E-state index < -0.39 is 5.97 Å². The lowest BCUT2D eigenvalue weighted by Crippen LogP contribution is -2.26. The lowest BCUT2D eigenvalue weighted by molar-refractivity contribution is -0.140. The summed E-state index contributed by atoms with van der Waals surface area (Å²) in [4.78, 5) is 23.9. The first kappa shape index (κ1) is 11.8. The van der Waals surface area contributed by atoms with Crippen LogP contribution < -0.4 is 0 Å². The highest BCUT2D eigenvalue weighted by molar-refractivity contribution is 6.17. The standard InChI is InChI=1S/C9H15NO3/c1-5-13-9(12)7(2)8(11)6-10(3)4/h2,5-6H2,1,3-4H3. The molecule has 74 valence electrons. The highest BCUT2D eigenvalue weighted by Crippen LogP contribution is 1.97. The van der Waals surface area contributed by atoms with E-state index in [1.165, 1.54) is 0 Å². The summed E-state index contributed by atoms with van der Waals surface area (Å²) in [6.45, 7) is 5.49. The van der Waals surface area contributed by atoms with Crippen LogP contribution in [-0.4, -0.2) is 43.9 Å². The van der Waals surface area contributed by atoms with Gasteiger partial charge in [0.25, 0.3) is 0 Å². The lowest BCUT2D eigenvalue weighted by atomic mass is 10.2. The molecule has 0 amide bonds. The number of Topliss-reactive ketones (excluding diaryl/α,β-unsaturated/α-hetero) is 1. The van der Waals surface area contributed by atoms with E-state index in [4.69, 9.17) is 0 Å². The van der Waals surface area contributed by atoms with Gasteiger partial charge in [-0.25, -0.2) is 4.79 Å². The Morgan fingerprint density at radius 3 is 2.31 bits per heavy atom. The second-order valence-electron chi connectivity index (χ2n) is 2.86. The van der Waals surface area contributed by atoms with Crippen molar-refractivity contribution >= 4 is 11.8 Å². The summed E-state index contributed by atoms with van der Waals surface area (Å²) in [7, 11) is 3.49. The highest BCUT2D eigenvalue weighted by atomic mass is 16.5. The normalized spacial score (nSPS) is 9.85. The molecule has 0 N–H and O–H groups in total. The van der Waals surface area contributed by atoms with Crippen molar-refractivity contribution in [1.29, 1.82) is 0 Å². The van der Waals surface area contributed by atoms with E-state index in [-0.39, 0.29) is 24.5 Å². The summed E-state index contributed by atoms with van der Waals surface area (Å²) in [5.74, 6) is -0.933. The zero-order valence-corrected chi connectivity index (χ0v) is 8.29. The average molecular weight is 185 g/mol. The van der Waals surface area contributed by atoms with E-state index in [1.807, 2.05) is 0 Å².